The molecular weight excluding hydrogens is 1780 g/mol. The Labute approximate surface area is 837 Å². The molecule has 48 rings (SSSR count). The van der Waals surface area contributed by atoms with Crippen molar-refractivity contribution in [3.8, 4) is 56.4 Å². The Bertz CT molecular complexity index is 11500. The number of nitrogens with zero attached hydrogens (tertiary/aromatic N) is 11. The summed E-state index contributed by atoms with van der Waals surface area (Å²) in [7, 11) is 0. The average Bonchev–Trinajstić information content (AvgIpc) is 1.47. The molecule has 20 aromatic carbocycles. The van der Waals surface area contributed by atoms with Crippen LogP contribution >= 0.6 is 0 Å². The molecule has 20 aliphatic rings. The number of aromatic nitrogens is 10. The van der Waals surface area contributed by atoms with Crippen molar-refractivity contribution in [2.24, 2.45) is 0 Å². The van der Waals surface area contributed by atoms with Crippen molar-refractivity contribution in [2.75, 3.05) is 4.90 Å². The zero-order valence-corrected chi connectivity index (χ0v) is 78.7. The van der Waals surface area contributed by atoms with Gasteiger partial charge in [-0.2, -0.15) is 0 Å². The summed E-state index contributed by atoms with van der Waals surface area (Å²) >= 11 is 0. The molecule has 28 aromatic rings. The van der Waals surface area contributed by atoms with Gasteiger partial charge in [-0.05, 0) is 217 Å². The molecule has 18 heteroatoms. The fraction of sp³-hybridized carbons (Fsp3) is 0.0698. The number of anilines is 2. The maximum atomic E-state index is 2.97. The van der Waals surface area contributed by atoms with Crippen molar-refractivity contribution in [1.29, 1.82) is 0 Å². The largest absolute Gasteiger partial charge is 0.339 e. The van der Waals surface area contributed by atoms with Crippen LogP contribution in [0.5, 0.6) is 0 Å². The number of hydrogen-bond acceptors (Lipinski definition) is 1. The molecule has 0 bridgehead atoms. The van der Waals surface area contributed by atoms with Crippen molar-refractivity contribution in [1.82, 2.24) is 45.3 Å². The summed E-state index contributed by atoms with van der Waals surface area (Å²) in [5.41, 5.74) is 83.8. The second kappa shape index (κ2) is 21.9. The van der Waals surface area contributed by atoms with Gasteiger partial charge in [0.2, 0.25) is 20.1 Å². The Hall–Kier alpha value is -17.3. The monoisotopic (exact) mass is 1850 g/mol. The van der Waals surface area contributed by atoms with Gasteiger partial charge in [-0.3, -0.25) is 0 Å². The summed E-state index contributed by atoms with van der Waals surface area (Å²) in [5, 5.41) is 11.3. The molecule has 0 N–H and O–H groups in total. The normalized spacial score (nSPS) is 19.1. The summed E-state index contributed by atoms with van der Waals surface area (Å²) in [5.74, 6) is 1.55. The van der Waals surface area contributed by atoms with E-state index in [-0.39, 0.29) is 26.9 Å². The van der Waals surface area contributed by atoms with Crippen LogP contribution < -0.4 is 103 Å². The third kappa shape index (κ3) is 6.61. The Morgan fingerprint density at radius 3 is 1.04 bits per heavy atom. The minimum atomic E-state index is 0.131. The van der Waals surface area contributed by atoms with E-state index in [9.17, 15) is 0 Å². The lowest BCUT2D eigenvalue weighted by Crippen LogP contribution is -2.78. The lowest BCUT2D eigenvalue weighted by atomic mass is 9.09. The van der Waals surface area contributed by atoms with Crippen LogP contribution in [0, 0.1) is 0 Å². The van der Waals surface area contributed by atoms with E-state index >= 15 is 0 Å². The first-order chi connectivity index (χ1) is 73.1. The molecule has 8 aromatic heterocycles. The Balaban J connectivity index is 0.0000000801. The quantitative estimate of drug-likeness (QED) is 0.110. The number of rotatable bonds is 0. The smallest absolute Gasteiger partial charge is 0.254 e. The SMILES string of the molecule is c1ccc2c(c1)B1c3ccccc3-n3c4cccc5c4n4c6c7c8c(c1c63)n-2c1cccc2c1n8-c1c(ccc3c1B7c1c(ccc(c1-4)C5)C3)C2.c1ccc2c(c1)B1c3ccccc3-n3c4cccc5c6ccc7c8c6n(c6c9c%10c(c1c63)n-2c1cccc2c3ccc-7c(c3n%10c21)B89)c54.c1ccc2c(c1)B1c3ccccc3N3c4cccc5c6ccc7c8c6n(c45)C4C3C1C1B2c2cccc3c5ccc-7c6c5n(c23)[C@H]1[C@H]4B86. The van der Waals surface area contributed by atoms with E-state index in [1.165, 1.54) is 315 Å². The molecule has 6 atom stereocenters. The van der Waals surface area contributed by atoms with Crippen LogP contribution in [-0.2, 0) is 19.3 Å². The molecule has 658 valence electrons. The van der Waals surface area contributed by atoms with E-state index in [0.717, 1.165) is 19.3 Å². The van der Waals surface area contributed by atoms with Gasteiger partial charge >= 0.3 is 0 Å². The highest BCUT2D eigenvalue weighted by molar-refractivity contribution is 7.08. The molecule has 1 saturated carbocycles. The van der Waals surface area contributed by atoms with E-state index in [0.29, 0.717) is 55.7 Å². The topological polar surface area (TPSA) is 51.5 Å². The van der Waals surface area contributed by atoms with E-state index in [4.69, 9.17) is 0 Å². The summed E-state index contributed by atoms with van der Waals surface area (Å²) in [4.78, 5) is 2.90. The van der Waals surface area contributed by atoms with Gasteiger partial charge in [-0.25, -0.2) is 0 Å². The number of benzene rings is 20. The predicted molar refractivity (Wildman–Crippen MR) is 611 cm³/mol. The first kappa shape index (κ1) is 70.4. The summed E-state index contributed by atoms with van der Waals surface area (Å²) in [6, 6.07) is 130. The molecular formula is C129H66B7N11. The fourth-order valence-electron chi connectivity index (χ4n) is 38.7. The first-order valence-electron chi connectivity index (χ1n) is 53.7. The van der Waals surface area contributed by atoms with Crippen LogP contribution in [0.3, 0.4) is 0 Å². The molecule has 19 aliphatic heterocycles. The zero-order chi connectivity index (χ0) is 92.3. The molecule has 0 amide bonds. The van der Waals surface area contributed by atoms with Gasteiger partial charge in [-0.1, -0.05) is 289 Å². The lowest BCUT2D eigenvalue weighted by molar-refractivity contribution is 0.233. The van der Waals surface area contributed by atoms with E-state index in [2.05, 4.69) is 378 Å². The second-order valence-electron chi connectivity index (χ2n) is 46.9. The van der Waals surface area contributed by atoms with E-state index < -0.39 is 0 Å². The van der Waals surface area contributed by atoms with Gasteiger partial charge in [0.15, 0.2) is 0 Å². The zero-order valence-electron chi connectivity index (χ0n) is 78.7. The number of hydrogen-bond donors (Lipinski definition) is 0. The highest BCUT2D eigenvalue weighted by Crippen LogP contribution is 2.72. The molecule has 1 fully saturated rings. The highest BCUT2D eigenvalue weighted by Gasteiger charge is 2.72. The van der Waals surface area contributed by atoms with Crippen LogP contribution in [0.2, 0.25) is 17.5 Å². The van der Waals surface area contributed by atoms with Gasteiger partial charge in [0.25, 0.3) is 26.9 Å². The Morgan fingerprint density at radius 1 is 0.177 bits per heavy atom. The van der Waals surface area contributed by atoms with Crippen molar-refractivity contribution in [3.05, 3.63) is 361 Å². The van der Waals surface area contributed by atoms with Gasteiger partial charge in [0.1, 0.15) is 0 Å². The Morgan fingerprint density at radius 2 is 0.524 bits per heavy atom. The predicted octanol–water partition coefficient (Wildman–Crippen LogP) is 14.3. The van der Waals surface area contributed by atoms with Crippen LogP contribution in [0.25, 0.3) is 221 Å². The van der Waals surface area contributed by atoms with Gasteiger partial charge < -0.3 is 50.2 Å². The molecule has 0 saturated heterocycles. The molecule has 0 radical (unpaired) electrons. The highest BCUT2D eigenvalue weighted by atomic mass is 15.3. The fourth-order valence-corrected chi connectivity index (χ4v) is 38.7. The molecule has 147 heavy (non-hydrogen) atoms. The summed E-state index contributed by atoms with van der Waals surface area (Å²) < 4.78 is 27.6. The van der Waals surface area contributed by atoms with Crippen LogP contribution in [-0.4, -0.2) is 98.4 Å². The van der Waals surface area contributed by atoms with Gasteiger partial charge in [-0.15, -0.1) is 0 Å². The Kier molecular flexibility index (Phi) is 10.5. The van der Waals surface area contributed by atoms with Crippen molar-refractivity contribution in [3.63, 3.8) is 0 Å². The lowest BCUT2D eigenvalue weighted by Gasteiger charge is -2.67. The summed E-state index contributed by atoms with van der Waals surface area (Å²) in [6.07, 6.45) is 2.94. The molecule has 1 aliphatic carbocycles. The minimum absolute atomic E-state index is 0.131. The van der Waals surface area contributed by atoms with E-state index in [1.807, 2.05) is 0 Å². The standard InChI is InChI=1S/C45H24B2N4.C42H24B3N3.C42H18B2N4/c1-3-11-30-28(9-1)46-29-10-2-4-12-31(29)49-33-14-6-8-25-21-27-18-16-23-19-22-15-17-26-20-24-7-5-13-32-38(24)50-40(26)34(22)47-35(23)41(27)51(39(25)33)45-37(47)44(50)42(48(30)32)36(46)43(45)49;1-2-10-26-25(9-1)43-27-11-3-4-13-29(27)46-30-14-6-8-22-24-18-16-20-19-15-17-23-21-7-5-12-28-36(21)47-38(23)31(19)45-32(20)39(24)48(37(22)30)42-35(45)40(47)33(44(26)28)34(43)41(42)46;1-3-11-27-25(9-1)43-26-10-2-4-12-28(26)46-30-14-6-8-22-24-18-16-20-19-15-17-23-21-7-5-13-29-35(21)47-37(23)31(19)44-32(20)38(24)48(36(22)30)42-34(44)41(47)39(45(27)29)33(43)40(42)46/h1-18H,19-21H2;1-18,33-35,40-42H;1-18H/t;33?,34?,35-,40-,41?,42?;/m.1./s1. The third-order valence-electron chi connectivity index (χ3n) is 42.4. The van der Waals surface area contributed by atoms with Crippen LogP contribution in [0.1, 0.15) is 45.5 Å². The minimum Gasteiger partial charge on any atom is -0.339 e. The van der Waals surface area contributed by atoms with Gasteiger partial charge in [0.05, 0.1) is 123 Å². The maximum Gasteiger partial charge on any atom is 0.254 e. The second-order valence-corrected chi connectivity index (χ2v) is 46.9. The number of fused-ring (bicyclic) bond motifs is 30. The maximum absolute atomic E-state index is 2.97. The third-order valence-corrected chi connectivity index (χ3v) is 42.4. The first-order valence-corrected chi connectivity index (χ1v) is 53.7. The van der Waals surface area contributed by atoms with Crippen molar-refractivity contribution < 1.29 is 0 Å². The number of para-hydroxylation sites is 11. The molecule has 27 heterocycles. The van der Waals surface area contributed by atoms with Crippen molar-refractivity contribution in [2.45, 2.75) is 54.8 Å². The molecule has 4 unspecified atom stereocenters. The van der Waals surface area contributed by atoms with Crippen molar-refractivity contribution >= 4 is 321 Å². The van der Waals surface area contributed by atoms with Crippen LogP contribution in [0.4, 0.5) is 11.4 Å². The van der Waals surface area contributed by atoms with Gasteiger partial charge in [0, 0.05) is 118 Å². The molecule has 0 spiro atoms. The average molecular weight is 1850 g/mol. The van der Waals surface area contributed by atoms with E-state index in [1.54, 1.807) is 49.3 Å². The van der Waals surface area contributed by atoms with Crippen LogP contribution in [0.15, 0.2) is 328 Å². The molecule has 11 nitrogen and oxygen atoms in total. The summed E-state index contributed by atoms with van der Waals surface area (Å²) in [6.45, 7) is 1.94.